The minimum atomic E-state index is -1.16. The number of nitrogens with one attached hydrogen (secondary N) is 1. The van der Waals surface area contributed by atoms with Gasteiger partial charge >= 0.3 is 0 Å². The summed E-state index contributed by atoms with van der Waals surface area (Å²) in [6, 6.07) is 5.27. The summed E-state index contributed by atoms with van der Waals surface area (Å²) >= 11 is 0. The maximum absolute atomic E-state index is 12.0. The molecule has 1 aromatic carbocycles. The van der Waals surface area contributed by atoms with E-state index >= 15 is 0 Å². The van der Waals surface area contributed by atoms with E-state index in [4.69, 9.17) is 4.74 Å². The Hall–Kier alpha value is -1.36. The Morgan fingerprint density at radius 3 is 2.94 bits per heavy atom. The number of carbonyl (C=O) groups excluding carboxylic acids is 1. The number of fused-ring (bicyclic) bond motifs is 1. The van der Waals surface area contributed by atoms with Crippen LogP contribution in [0.1, 0.15) is 6.92 Å². The van der Waals surface area contributed by atoms with Gasteiger partial charge in [-0.05, 0) is 12.1 Å². The zero-order chi connectivity index (χ0) is 11.7. The molecule has 1 amide bonds. The Labute approximate surface area is 96.4 Å². The van der Waals surface area contributed by atoms with Crippen molar-refractivity contribution in [1.29, 1.82) is 0 Å². The molecule has 1 N–H and O–H groups in total. The van der Waals surface area contributed by atoms with Crippen molar-refractivity contribution in [3.05, 3.63) is 18.2 Å². The first kappa shape index (κ1) is 11.1. The number of ether oxygens (including phenoxy) is 1. The molecule has 0 saturated heterocycles. The molecule has 1 aliphatic heterocycles. The predicted octanol–water partition coefficient (Wildman–Crippen LogP) is 1.39. The standard InChI is InChI=1S/C11H13NO3S/c1-7-6-16(14)9-5-3-4-8(15-2)10(9)12-11(7)13/h3-5,7H,6H2,1-2H3,(H,12,13). The second kappa shape index (κ2) is 4.25. The average molecular weight is 239 g/mol. The van der Waals surface area contributed by atoms with Crippen LogP contribution in [0.5, 0.6) is 5.75 Å². The average Bonchev–Trinajstić information content (AvgIpc) is 2.38. The summed E-state index contributed by atoms with van der Waals surface area (Å²) in [5.41, 5.74) is 0.540. The monoisotopic (exact) mass is 239 g/mol. The highest BCUT2D eigenvalue weighted by Gasteiger charge is 2.26. The van der Waals surface area contributed by atoms with Gasteiger partial charge in [-0.3, -0.25) is 9.00 Å². The first-order valence-electron chi connectivity index (χ1n) is 4.99. The lowest BCUT2D eigenvalue weighted by atomic mass is 10.2. The third kappa shape index (κ3) is 1.82. The fourth-order valence-electron chi connectivity index (χ4n) is 1.63. The van der Waals surface area contributed by atoms with Gasteiger partial charge in [0.05, 0.1) is 28.5 Å². The maximum Gasteiger partial charge on any atom is 0.228 e. The molecule has 0 aliphatic carbocycles. The van der Waals surface area contributed by atoms with Crippen molar-refractivity contribution in [2.75, 3.05) is 18.2 Å². The summed E-state index contributed by atoms with van der Waals surface area (Å²) in [5, 5.41) is 2.77. The molecule has 16 heavy (non-hydrogen) atoms. The van der Waals surface area contributed by atoms with Crippen molar-refractivity contribution in [1.82, 2.24) is 0 Å². The van der Waals surface area contributed by atoms with Gasteiger partial charge in [-0.2, -0.15) is 0 Å². The fraction of sp³-hybridized carbons (Fsp3) is 0.364. The lowest BCUT2D eigenvalue weighted by Crippen LogP contribution is -2.21. The molecule has 1 heterocycles. The molecule has 0 aromatic heterocycles. The molecule has 0 saturated carbocycles. The summed E-state index contributed by atoms with van der Waals surface area (Å²) in [6.07, 6.45) is 0. The third-order valence-electron chi connectivity index (χ3n) is 2.55. The summed E-state index contributed by atoms with van der Waals surface area (Å²) in [6.45, 7) is 1.77. The molecule has 5 heteroatoms. The van der Waals surface area contributed by atoms with Crippen LogP contribution < -0.4 is 10.1 Å². The number of para-hydroxylation sites is 1. The van der Waals surface area contributed by atoms with Gasteiger partial charge in [-0.15, -0.1) is 0 Å². The largest absolute Gasteiger partial charge is 0.495 e. The number of amides is 1. The molecule has 0 radical (unpaired) electrons. The molecule has 86 valence electrons. The summed E-state index contributed by atoms with van der Waals surface area (Å²) < 4.78 is 17.1. The molecule has 4 nitrogen and oxygen atoms in total. The molecule has 1 aliphatic rings. The molecule has 0 bridgehead atoms. The van der Waals surface area contributed by atoms with Crippen LogP contribution in [0.25, 0.3) is 0 Å². The highest BCUT2D eigenvalue weighted by atomic mass is 32.2. The van der Waals surface area contributed by atoms with E-state index in [9.17, 15) is 9.00 Å². The van der Waals surface area contributed by atoms with Crippen molar-refractivity contribution >= 4 is 22.4 Å². The van der Waals surface area contributed by atoms with Crippen LogP contribution in [0.15, 0.2) is 23.1 Å². The number of anilines is 1. The van der Waals surface area contributed by atoms with Gasteiger partial charge in [0.2, 0.25) is 5.91 Å². The van der Waals surface area contributed by atoms with Crippen LogP contribution in [0.3, 0.4) is 0 Å². The molecular weight excluding hydrogens is 226 g/mol. The Morgan fingerprint density at radius 1 is 1.50 bits per heavy atom. The molecule has 0 spiro atoms. The summed E-state index contributed by atoms with van der Waals surface area (Å²) in [5.74, 6) is 0.536. The normalized spacial score (nSPS) is 24.2. The van der Waals surface area contributed by atoms with Gasteiger partial charge in [0, 0.05) is 11.7 Å². The minimum absolute atomic E-state index is 0.114. The Bertz CT molecular complexity index is 459. The number of hydrogen-bond donors (Lipinski definition) is 1. The third-order valence-corrected chi connectivity index (χ3v) is 4.18. The first-order chi connectivity index (χ1) is 7.63. The highest BCUT2D eigenvalue weighted by Crippen LogP contribution is 2.33. The van der Waals surface area contributed by atoms with Crippen molar-refractivity contribution in [2.45, 2.75) is 11.8 Å². The first-order valence-corrected chi connectivity index (χ1v) is 6.31. The van der Waals surface area contributed by atoms with E-state index in [1.165, 1.54) is 7.11 Å². The van der Waals surface area contributed by atoms with E-state index in [-0.39, 0.29) is 11.8 Å². The van der Waals surface area contributed by atoms with Gasteiger partial charge < -0.3 is 10.1 Å². The van der Waals surface area contributed by atoms with Crippen LogP contribution in [-0.2, 0) is 15.6 Å². The van der Waals surface area contributed by atoms with Gasteiger partial charge in [0.25, 0.3) is 0 Å². The SMILES string of the molecule is COc1cccc2c1NC(=O)C(C)CS2=O. The second-order valence-corrected chi connectivity index (χ2v) is 5.20. The van der Waals surface area contributed by atoms with E-state index in [1.54, 1.807) is 25.1 Å². The maximum atomic E-state index is 12.0. The quantitative estimate of drug-likeness (QED) is 0.805. The number of benzene rings is 1. The van der Waals surface area contributed by atoms with E-state index in [2.05, 4.69) is 5.32 Å². The zero-order valence-electron chi connectivity index (χ0n) is 9.15. The molecule has 1 aromatic rings. The van der Waals surface area contributed by atoms with E-state index < -0.39 is 10.8 Å². The van der Waals surface area contributed by atoms with E-state index in [1.807, 2.05) is 0 Å². The smallest absolute Gasteiger partial charge is 0.228 e. The summed E-state index contributed by atoms with van der Waals surface area (Å²) in [4.78, 5) is 12.3. The summed E-state index contributed by atoms with van der Waals surface area (Å²) in [7, 11) is 0.368. The molecule has 2 unspecified atom stereocenters. The van der Waals surface area contributed by atoms with Crippen LogP contribution in [-0.4, -0.2) is 23.0 Å². The molecule has 2 rings (SSSR count). The lowest BCUT2D eigenvalue weighted by molar-refractivity contribution is -0.118. The minimum Gasteiger partial charge on any atom is -0.495 e. The van der Waals surface area contributed by atoms with Crippen LogP contribution in [0, 0.1) is 5.92 Å². The van der Waals surface area contributed by atoms with Crippen molar-refractivity contribution < 1.29 is 13.7 Å². The Morgan fingerprint density at radius 2 is 2.25 bits per heavy atom. The Kier molecular flexibility index (Phi) is 2.96. The topological polar surface area (TPSA) is 55.4 Å². The van der Waals surface area contributed by atoms with Crippen molar-refractivity contribution in [3.63, 3.8) is 0 Å². The molecular formula is C11H13NO3S. The predicted molar refractivity (Wildman–Crippen MR) is 62.1 cm³/mol. The number of carbonyl (C=O) groups is 1. The number of rotatable bonds is 1. The van der Waals surface area contributed by atoms with Crippen LogP contribution in [0.2, 0.25) is 0 Å². The van der Waals surface area contributed by atoms with Gasteiger partial charge in [0.1, 0.15) is 5.75 Å². The second-order valence-electron chi connectivity index (χ2n) is 3.74. The van der Waals surface area contributed by atoms with E-state index in [0.717, 1.165) is 0 Å². The zero-order valence-corrected chi connectivity index (χ0v) is 9.97. The number of methoxy groups -OCH3 is 1. The van der Waals surface area contributed by atoms with Crippen molar-refractivity contribution in [3.8, 4) is 5.75 Å². The van der Waals surface area contributed by atoms with E-state index in [0.29, 0.717) is 22.1 Å². The molecule has 0 fully saturated rings. The highest BCUT2D eigenvalue weighted by molar-refractivity contribution is 7.85. The van der Waals surface area contributed by atoms with Gasteiger partial charge in [0.15, 0.2) is 0 Å². The van der Waals surface area contributed by atoms with Crippen LogP contribution >= 0.6 is 0 Å². The fourth-order valence-corrected chi connectivity index (χ4v) is 3.03. The van der Waals surface area contributed by atoms with Crippen LogP contribution in [0.4, 0.5) is 5.69 Å². The lowest BCUT2D eigenvalue weighted by Gasteiger charge is -2.10. The van der Waals surface area contributed by atoms with Crippen molar-refractivity contribution in [2.24, 2.45) is 5.92 Å². The Balaban J connectivity index is 2.55. The van der Waals surface area contributed by atoms with Gasteiger partial charge in [-0.25, -0.2) is 0 Å². The number of hydrogen-bond acceptors (Lipinski definition) is 3. The molecule has 2 atom stereocenters. The van der Waals surface area contributed by atoms with Gasteiger partial charge in [-0.1, -0.05) is 13.0 Å².